The van der Waals surface area contributed by atoms with Gasteiger partial charge in [0.15, 0.2) is 0 Å². The lowest BCUT2D eigenvalue weighted by Gasteiger charge is -2.31. The fourth-order valence-corrected chi connectivity index (χ4v) is 1.57. The first kappa shape index (κ1) is 15.5. The topological polar surface area (TPSA) is 105 Å². The summed E-state index contributed by atoms with van der Waals surface area (Å²) in [5.41, 5.74) is 9.50. The molecule has 0 saturated heterocycles. The minimum Gasteiger partial charge on any atom is -0.449 e. The van der Waals surface area contributed by atoms with E-state index in [1.165, 1.54) is 0 Å². The smallest absolute Gasteiger partial charge is 0.404 e. The summed E-state index contributed by atoms with van der Waals surface area (Å²) in [6.45, 7) is 4.30. The second-order valence-corrected chi connectivity index (χ2v) is 4.17. The zero-order valence-corrected chi connectivity index (χ0v) is 10.5. The van der Waals surface area contributed by atoms with Gasteiger partial charge in [-0.2, -0.15) is 0 Å². The number of hydrogen-bond acceptors (Lipinski definition) is 4. The number of carbonyl (C=O) groups excluding carboxylic acids is 2. The molecule has 0 aromatic heterocycles. The molecule has 0 saturated carbocycles. The summed E-state index contributed by atoms with van der Waals surface area (Å²) in [7, 11) is 0. The molecule has 0 unspecified atom stereocenters. The van der Waals surface area contributed by atoms with E-state index in [1.54, 1.807) is 0 Å². The Balaban J connectivity index is 4.48. The zero-order valence-electron chi connectivity index (χ0n) is 10.5. The van der Waals surface area contributed by atoms with E-state index in [2.05, 4.69) is 6.92 Å². The van der Waals surface area contributed by atoms with Gasteiger partial charge in [-0.05, 0) is 12.8 Å². The van der Waals surface area contributed by atoms with Gasteiger partial charge >= 0.3 is 12.2 Å². The Bertz CT molecular complexity index is 238. The highest BCUT2D eigenvalue weighted by atomic mass is 16.6. The maximum atomic E-state index is 10.6. The van der Waals surface area contributed by atoms with Crippen molar-refractivity contribution < 1.29 is 19.1 Å². The van der Waals surface area contributed by atoms with Crippen LogP contribution in [0.5, 0.6) is 0 Å². The fraction of sp³-hybridized carbons (Fsp3) is 0.818. The maximum Gasteiger partial charge on any atom is 0.404 e. The van der Waals surface area contributed by atoms with Crippen molar-refractivity contribution in [3.8, 4) is 0 Å². The highest BCUT2D eigenvalue weighted by molar-refractivity contribution is 5.65. The van der Waals surface area contributed by atoms with Gasteiger partial charge < -0.3 is 20.9 Å². The molecule has 17 heavy (non-hydrogen) atoms. The zero-order chi connectivity index (χ0) is 13.3. The van der Waals surface area contributed by atoms with Gasteiger partial charge in [0.2, 0.25) is 0 Å². The molecule has 0 spiro atoms. The Hall–Kier alpha value is -1.46. The van der Waals surface area contributed by atoms with E-state index in [0.717, 1.165) is 19.3 Å². The predicted octanol–water partition coefficient (Wildman–Crippen LogP) is 1.76. The summed E-state index contributed by atoms with van der Waals surface area (Å²) < 4.78 is 9.67. The second-order valence-electron chi connectivity index (χ2n) is 4.17. The molecular formula is C11H22N2O4. The van der Waals surface area contributed by atoms with Crippen molar-refractivity contribution in [3.05, 3.63) is 0 Å². The lowest BCUT2D eigenvalue weighted by atomic mass is 9.82. The van der Waals surface area contributed by atoms with Crippen LogP contribution in [-0.2, 0) is 9.47 Å². The van der Waals surface area contributed by atoms with Crippen molar-refractivity contribution >= 4 is 12.2 Å². The van der Waals surface area contributed by atoms with Gasteiger partial charge in [0.05, 0.1) is 0 Å². The Morgan fingerprint density at radius 1 is 1.06 bits per heavy atom. The molecule has 0 rings (SSSR count). The van der Waals surface area contributed by atoms with Crippen molar-refractivity contribution in [1.29, 1.82) is 0 Å². The van der Waals surface area contributed by atoms with Crippen molar-refractivity contribution in [2.24, 2.45) is 16.9 Å². The Labute approximate surface area is 102 Å². The summed E-state index contributed by atoms with van der Waals surface area (Å²) in [6.07, 6.45) is 1.83. The number of rotatable bonds is 8. The van der Waals surface area contributed by atoms with Gasteiger partial charge in [-0.3, -0.25) is 0 Å². The van der Waals surface area contributed by atoms with Gasteiger partial charge in [-0.15, -0.1) is 0 Å². The quantitative estimate of drug-likeness (QED) is 0.680. The molecular weight excluding hydrogens is 224 g/mol. The second kappa shape index (κ2) is 7.76. The first-order valence-electron chi connectivity index (χ1n) is 5.80. The van der Waals surface area contributed by atoms with E-state index < -0.39 is 12.2 Å². The molecule has 0 atom stereocenters. The van der Waals surface area contributed by atoms with Crippen LogP contribution in [0, 0.1) is 5.41 Å². The van der Waals surface area contributed by atoms with E-state index in [4.69, 9.17) is 20.9 Å². The highest BCUT2D eigenvalue weighted by Gasteiger charge is 2.31. The molecule has 0 aliphatic heterocycles. The summed E-state index contributed by atoms with van der Waals surface area (Å²) in [6, 6.07) is 0. The van der Waals surface area contributed by atoms with Crippen molar-refractivity contribution in [1.82, 2.24) is 0 Å². The molecule has 2 amide bonds. The third-order valence-corrected chi connectivity index (χ3v) is 2.85. The van der Waals surface area contributed by atoms with E-state index in [1.807, 2.05) is 6.92 Å². The standard InChI is InChI=1S/C11H22N2O4/c1-3-5-6-11(4-2,7-16-9(12)14)8-17-10(13)15/h3-8H2,1-2H3,(H2,12,14)(H2,13,15). The number of ether oxygens (including phenoxy) is 2. The monoisotopic (exact) mass is 246 g/mol. The lowest BCUT2D eigenvalue weighted by Crippen LogP contribution is -2.35. The fourth-order valence-electron chi connectivity index (χ4n) is 1.57. The number of amides is 2. The molecule has 0 aromatic rings. The lowest BCUT2D eigenvalue weighted by molar-refractivity contribution is 0.0217. The van der Waals surface area contributed by atoms with Crippen LogP contribution in [0.4, 0.5) is 9.59 Å². The molecule has 100 valence electrons. The van der Waals surface area contributed by atoms with Gasteiger partial charge in [-0.25, -0.2) is 9.59 Å². The Morgan fingerprint density at radius 2 is 1.53 bits per heavy atom. The van der Waals surface area contributed by atoms with Crippen LogP contribution in [0.1, 0.15) is 39.5 Å². The number of primary amides is 2. The highest BCUT2D eigenvalue weighted by Crippen LogP contribution is 2.30. The van der Waals surface area contributed by atoms with Crippen molar-refractivity contribution in [2.45, 2.75) is 39.5 Å². The minimum atomic E-state index is -0.821. The molecule has 0 radical (unpaired) electrons. The predicted molar refractivity (Wildman–Crippen MR) is 63.3 cm³/mol. The number of hydrogen-bond donors (Lipinski definition) is 2. The van der Waals surface area contributed by atoms with Crippen LogP contribution in [0.2, 0.25) is 0 Å². The molecule has 0 aromatic carbocycles. The van der Waals surface area contributed by atoms with Crippen LogP contribution >= 0.6 is 0 Å². The molecule has 0 bridgehead atoms. The van der Waals surface area contributed by atoms with Gasteiger partial charge in [0.25, 0.3) is 0 Å². The summed E-state index contributed by atoms with van der Waals surface area (Å²) in [5.74, 6) is 0. The van der Waals surface area contributed by atoms with Gasteiger partial charge in [0.1, 0.15) is 13.2 Å². The van der Waals surface area contributed by atoms with E-state index in [-0.39, 0.29) is 18.6 Å². The third kappa shape index (κ3) is 6.65. The Morgan fingerprint density at radius 3 is 1.82 bits per heavy atom. The minimum absolute atomic E-state index is 0.145. The van der Waals surface area contributed by atoms with E-state index >= 15 is 0 Å². The molecule has 6 nitrogen and oxygen atoms in total. The molecule has 6 heteroatoms. The Kier molecular flexibility index (Phi) is 7.09. The van der Waals surface area contributed by atoms with Gasteiger partial charge in [0, 0.05) is 5.41 Å². The summed E-state index contributed by atoms with van der Waals surface area (Å²) in [4.78, 5) is 21.3. The molecule has 0 heterocycles. The van der Waals surface area contributed by atoms with E-state index in [9.17, 15) is 9.59 Å². The molecule has 4 N–H and O–H groups in total. The molecule has 0 fully saturated rings. The third-order valence-electron chi connectivity index (χ3n) is 2.85. The van der Waals surface area contributed by atoms with Gasteiger partial charge in [-0.1, -0.05) is 26.7 Å². The maximum absolute atomic E-state index is 10.6. The van der Waals surface area contributed by atoms with Crippen molar-refractivity contribution in [3.63, 3.8) is 0 Å². The van der Waals surface area contributed by atoms with Crippen LogP contribution in [0.15, 0.2) is 0 Å². The van der Waals surface area contributed by atoms with Crippen LogP contribution < -0.4 is 11.5 Å². The summed E-state index contributed by atoms with van der Waals surface area (Å²) in [5, 5.41) is 0. The molecule has 0 aliphatic rings. The number of unbranched alkanes of at least 4 members (excludes halogenated alkanes) is 1. The SMILES string of the molecule is CCCCC(CC)(COC(N)=O)COC(N)=O. The normalized spacial score (nSPS) is 10.9. The summed E-state index contributed by atoms with van der Waals surface area (Å²) >= 11 is 0. The van der Waals surface area contributed by atoms with Crippen LogP contribution in [0.25, 0.3) is 0 Å². The number of nitrogens with two attached hydrogens (primary N) is 2. The van der Waals surface area contributed by atoms with E-state index in [0.29, 0.717) is 6.42 Å². The first-order valence-corrected chi connectivity index (χ1v) is 5.80. The van der Waals surface area contributed by atoms with Crippen molar-refractivity contribution in [2.75, 3.05) is 13.2 Å². The average Bonchev–Trinajstić information content (AvgIpc) is 2.28. The average molecular weight is 246 g/mol. The largest absolute Gasteiger partial charge is 0.449 e. The first-order chi connectivity index (χ1) is 7.95. The molecule has 0 aliphatic carbocycles. The van der Waals surface area contributed by atoms with Crippen LogP contribution in [-0.4, -0.2) is 25.4 Å². The van der Waals surface area contributed by atoms with Crippen LogP contribution in [0.3, 0.4) is 0 Å². The number of carbonyl (C=O) groups is 2.